The van der Waals surface area contributed by atoms with Gasteiger partial charge >= 0.3 is 35.5 Å². The maximum atomic E-state index is 13.0. The van der Waals surface area contributed by atoms with Crippen molar-refractivity contribution in [3.8, 4) is 11.1 Å². The van der Waals surface area contributed by atoms with Gasteiger partial charge in [-0.25, -0.2) is 4.79 Å². The quantitative estimate of drug-likeness (QED) is 0.412. The van der Waals surface area contributed by atoms with Gasteiger partial charge in [0.2, 0.25) is 0 Å². The first-order valence-corrected chi connectivity index (χ1v) is 12.2. The minimum absolute atomic E-state index is 0. The van der Waals surface area contributed by atoms with Gasteiger partial charge in [-0.3, -0.25) is 9.78 Å². The first-order chi connectivity index (χ1) is 15.5. The molecule has 0 fully saturated rings. The zero-order valence-corrected chi connectivity index (χ0v) is 22.9. The van der Waals surface area contributed by atoms with Gasteiger partial charge in [-0.05, 0) is 74.8 Å². The number of hydrogen-bond acceptors (Lipinski definition) is 4. The van der Waals surface area contributed by atoms with E-state index in [-0.39, 0.29) is 31.0 Å². The van der Waals surface area contributed by atoms with Gasteiger partial charge in [0.25, 0.3) is 5.91 Å². The Bertz CT molecular complexity index is 1130. The number of pyridine rings is 1. The third-order valence-electron chi connectivity index (χ3n) is 4.78. The van der Waals surface area contributed by atoms with Crippen LogP contribution in [0.5, 0.6) is 0 Å². The van der Waals surface area contributed by atoms with Crippen LogP contribution in [0.1, 0.15) is 29.3 Å². The molecule has 166 valence electrons. The molecular weight excluding hydrogens is 511 g/mol. The molecule has 8 heteroatoms. The first-order valence-electron chi connectivity index (χ1n) is 9.98. The third-order valence-corrected chi connectivity index (χ3v) is 5.86. The van der Waals surface area contributed by atoms with E-state index in [0.29, 0.717) is 17.7 Å². The van der Waals surface area contributed by atoms with Gasteiger partial charge in [0.1, 0.15) is 6.04 Å². The molecule has 3 rings (SSSR count). The number of carbonyl (C=O) groups excluding carboxylic acids is 1. The summed E-state index contributed by atoms with van der Waals surface area (Å²) in [6.45, 7) is 0. The predicted octanol–water partition coefficient (Wildman–Crippen LogP) is 2.73. The summed E-state index contributed by atoms with van der Waals surface area (Å²) in [6.07, 6.45) is 9.67. The Labute approximate surface area is 230 Å². The maximum absolute atomic E-state index is 13.0. The van der Waals surface area contributed by atoms with Crippen LogP contribution in [0.4, 0.5) is 0 Å². The molecule has 0 saturated carbocycles. The summed E-state index contributed by atoms with van der Waals surface area (Å²) in [4.78, 5) is 28.8. The standard InChI is InChI=1S/C25H23BrN2O3S.Na.H/c1-32-12-11-23(25(30)31)28-24(29)21-10-9-17(7-8-18-13-20(26)16-27-15-18)14-22(21)19-5-3-2-4-6-19;;/h2-10,13-16,23H,11-12H2,1H3,(H,28,29)(H,30,31);;/q;+1;-1. The molecule has 1 heterocycles. The van der Waals surface area contributed by atoms with Gasteiger partial charge in [-0.2, -0.15) is 11.8 Å². The molecule has 5 nitrogen and oxygen atoms in total. The molecule has 1 atom stereocenters. The average Bonchev–Trinajstić information content (AvgIpc) is 2.80. The molecule has 2 N–H and O–H groups in total. The van der Waals surface area contributed by atoms with Gasteiger partial charge in [0.05, 0.1) is 0 Å². The van der Waals surface area contributed by atoms with Crippen molar-refractivity contribution in [2.24, 2.45) is 0 Å². The number of thioether (sulfide) groups is 1. The van der Waals surface area contributed by atoms with Crippen molar-refractivity contribution in [1.82, 2.24) is 10.3 Å². The zero-order chi connectivity index (χ0) is 22.9. The maximum Gasteiger partial charge on any atom is 1.00 e. The number of benzene rings is 2. The van der Waals surface area contributed by atoms with E-state index in [9.17, 15) is 14.7 Å². The molecule has 0 bridgehead atoms. The Balaban J connectivity index is 0.00000289. The van der Waals surface area contributed by atoms with Gasteiger partial charge in [0.15, 0.2) is 0 Å². The molecule has 3 aromatic rings. The molecule has 1 unspecified atom stereocenters. The molecule has 0 aliphatic heterocycles. The van der Waals surface area contributed by atoms with Crippen molar-refractivity contribution in [3.05, 3.63) is 88.2 Å². The van der Waals surface area contributed by atoms with E-state index >= 15 is 0 Å². The van der Waals surface area contributed by atoms with Crippen LogP contribution in [0, 0.1) is 0 Å². The van der Waals surface area contributed by atoms with Crippen molar-refractivity contribution in [2.75, 3.05) is 12.0 Å². The first kappa shape index (κ1) is 27.3. The van der Waals surface area contributed by atoms with Crippen molar-refractivity contribution >= 4 is 51.7 Å². The minimum atomic E-state index is -1.03. The fraction of sp³-hybridized carbons (Fsp3) is 0.160. The molecule has 1 aromatic heterocycles. The molecule has 0 spiro atoms. The van der Waals surface area contributed by atoms with Crippen molar-refractivity contribution < 1.29 is 45.7 Å². The van der Waals surface area contributed by atoms with Crippen LogP contribution < -0.4 is 34.9 Å². The largest absolute Gasteiger partial charge is 1.00 e. The van der Waals surface area contributed by atoms with Gasteiger partial charge in [0, 0.05) is 22.4 Å². The van der Waals surface area contributed by atoms with E-state index in [1.54, 1.807) is 30.2 Å². The molecular formula is C25H24BrN2NaO3S. The Hall–Kier alpha value is -1.90. The van der Waals surface area contributed by atoms with E-state index in [4.69, 9.17) is 0 Å². The number of amides is 1. The van der Waals surface area contributed by atoms with Gasteiger partial charge < -0.3 is 11.8 Å². The van der Waals surface area contributed by atoms with E-state index in [2.05, 4.69) is 26.2 Å². The van der Waals surface area contributed by atoms with Crippen LogP contribution >= 0.6 is 27.7 Å². The summed E-state index contributed by atoms with van der Waals surface area (Å²) in [5.41, 5.74) is 3.92. The number of halogens is 1. The Morgan fingerprint density at radius 2 is 1.85 bits per heavy atom. The van der Waals surface area contributed by atoms with E-state index in [1.165, 1.54) is 0 Å². The Morgan fingerprint density at radius 3 is 2.52 bits per heavy atom. The number of hydrogen-bond donors (Lipinski definition) is 2. The number of aromatic nitrogens is 1. The molecule has 33 heavy (non-hydrogen) atoms. The van der Waals surface area contributed by atoms with Crippen LogP contribution in [-0.2, 0) is 4.79 Å². The number of carboxylic acids is 1. The summed E-state index contributed by atoms with van der Waals surface area (Å²) in [7, 11) is 0. The second-order valence-corrected chi connectivity index (χ2v) is 8.99. The fourth-order valence-corrected chi connectivity index (χ4v) is 4.02. The zero-order valence-electron chi connectivity index (χ0n) is 19.5. The van der Waals surface area contributed by atoms with Crippen molar-refractivity contribution in [1.29, 1.82) is 0 Å². The Kier molecular flexibility index (Phi) is 11.4. The van der Waals surface area contributed by atoms with Crippen LogP contribution in [0.3, 0.4) is 0 Å². The summed E-state index contributed by atoms with van der Waals surface area (Å²) in [5.74, 6) is -0.781. The molecule has 1 amide bonds. The number of carboxylic acid groups (broad SMARTS) is 1. The Morgan fingerprint density at radius 1 is 1.12 bits per heavy atom. The van der Waals surface area contributed by atoms with Crippen molar-refractivity contribution in [3.63, 3.8) is 0 Å². The molecule has 2 aromatic carbocycles. The number of rotatable bonds is 9. The smallest absolute Gasteiger partial charge is 1.00 e. The average molecular weight is 535 g/mol. The topological polar surface area (TPSA) is 79.3 Å². The van der Waals surface area contributed by atoms with Crippen LogP contribution in [0.15, 0.2) is 71.5 Å². The number of aliphatic carboxylic acids is 1. The molecule has 0 saturated heterocycles. The SMILES string of the molecule is CSCCC(NC(=O)c1ccc(C=Cc2cncc(Br)c2)cc1-c1ccccc1)C(=O)O.[H-].[Na+]. The second-order valence-electron chi connectivity index (χ2n) is 7.09. The van der Waals surface area contributed by atoms with Crippen molar-refractivity contribution in [2.45, 2.75) is 12.5 Å². The number of nitrogens with one attached hydrogen (secondary N) is 1. The van der Waals surface area contributed by atoms with Crippen LogP contribution in [0.25, 0.3) is 23.3 Å². The molecule has 0 aliphatic carbocycles. The molecule has 0 radical (unpaired) electrons. The summed E-state index contributed by atoms with van der Waals surface area (Å²) in [6, 6.07) is 16.1. The summed E-state index contributed by atoms with van der Waals surface area (Å²) >= 11 is 4.96. The summed E-state index contributed by atoms with van der Waals surface area (Å²) in [5, 5.41) is 12.2. The number of nitrogens with zero attached hydrogens (tertiary/aromatic N) is 1. The van der Waals surface area contributed by atoms with Crippen LogP contribution in [0.2, 0.25) is 0 Å². The monoisotopic (exact) mass is 534 g/mol. The predicted molar refractivity (Wildman–Crippen MR) is 136 cm³/mol. The molecule has 0 aliphatic rings. The second kappa shape index (κ2) is 13.7. The van der Waals surface area contributed by atoms with Crippen LogP contribution in [-0.4, -0.2) is 40.0 Å². The summed E-state index contributed by atoms with van der Waals surface area (Å²) < 4.78 is 0.895. The number of carbonyl (C=O) groups is 2. The third kappa shape index (κ3) is 8.12. The fourth-order valence-electron chi connectivity index (χ4n) is 3.16. The van der Waals surface area contributed by atoms with Gasteiger partial charge in [-0.1, -0.05) is 48.6 Å². The normalized spacial score (nSPS) is 11.6. The van der Waals surface area contributed by atoms with E-state index < -0.39 is 17.9 Å². The van der Waals surface area contributed by atoms with E-state index in [1.807, 2.05) is 66.9 Å². The van der Waals surface area contributed by atoms with E-state index in [0.717, 1.165) is 26.7 Å². The van der Waals surface area contributed by atoms with Gasteiger partial charge in [-0.15, -0.1) is 0 Å². The minimum Gasteiger partial charge on any atom is -1.00 e.